The fraction of sp³-hybridized carbons (Fsp3) is 0. The van der Waals surface area contributed by atoms with E-state index in [1.165, 1.54) is 0 Å². The summed E-state index contributed by atoms with van der Waals surface area (Å²) in [6, 6.07) is 0. The summed E-state index contributed by atoms with van der Waals surface area (Å²) >= 11 is 0. The molecule has 0 rings (SSSR count). The van der Waals surface area contributed by atoms with Gasteiger partial charge in [-0.05, 0) is 0 Å². The summed E-state index contributed by atoms with van der Waals surface area (Å²) in [6.45, 7) is 0. The Labute approximate surface area is 48.7 Å². The Balaban J connectivity index is 3.36. The molecule has 0 heterocycles. The van der Waals surface area contributed by atoms with E-state index >= 15 is 0 Å². The molecule has 0 aliphatic rings. The van der Waals surface area contributed by atoms with Crippen LogP contribution in [0.4, 0.5) is 0 Å². The Bertz CT molecular complexity index is 44.9. The van der Waals surface area contributed by atoms with Gasteiger partial charge in [-0.1, -0.05) is 0 Å². The minimum atomic E-state index is -3.53. The standard InChI is InChI=1S/H8O4Si3/c1-7(2,3-5)4-6/h1-2H,5-6H3. The topological polar surface area (TPSA) is 58.9 Å². The van der Waals surface area contributed by atoms with Crippen LogP contribution in [-0.2, 0) is 8.23 Å². The SMILES string of the molecule is O[Si](O)(O[SiH3])O[SiH3]. The second kappa shape index (κ2) is 2.71. The van der Waals surface area contributed by atoms with Crippen LogP contribution in [0.5, 0.6) is 0 Å². The van der Waals surface area contributed by atoms with Gasteiger partial charge in [-0.15, -0.1) is 0 Å². The van der Waals surface area contributed by atoms with Crippen molar-refractivity contribution in [2.75, 3.05) is 0 Å². The van der Waals surface area contributed by atoms with E-state index < -0.39 is 9.05 Å². The first-order valence-electron chi connectivity index (χ1n) is 1.67. The third-order valence-electron chi connectivity index (χ3n) is 0.532. The molecule has 0 saturated carbocycles. The van der Waals surface area contributed by atoms with Gasteiger partial charge in [0.2, 0.25) is 0 Å². The number of hydrogen-bond donors (Lipinski definition) is 2. The van der Waals surface area contributed by atoms with Gasteiger partial charge in [0, 0.05) is 0 Å². The van der Waals surface area contributed by atoms with Crippen LogP contribution in [0, 0.1) is 0 Å². The van der Waals surface area contributed by atoms with Crippen molar-refractivity contribution in [1.29, 1.82) is 0 Å². The minimum Gasteiger partial charge on any atom is -0.404 e. The minimum absolute atomic E-state index is 0.316. The lowest BCUT2D eigenvalue weighted by molar-refractivity contribution is 0.151. The van der Waals surface area contributed by atoms with E-state index in [1.54, 1.807) is 0 Å². The van der Waals surface area contributed by atoms with Crippen molar-refractivity contribution in [2.24, 2.45) is 0 Å². The molecule has 4 nitrogen and oxygen atoms in total. The summed E-state index contributed by atoms with van der Waals surface area (Å²) in [6.07, 6.45) is 0. The average Bonchev–Trinajstić information content (AvgIpc) is 1.68. The molecule has 0 unspecified atom stereocenters. The van der Waals surface area contributed by atoms with Crippen molar-refractivity contribution < 1.29 is 17.8 Å². The molecule has 0 bridgehead atoms. The summed E-state index contributed by atoms with van der Waals surface area (Å²) in [5.41, 5.74) is 0. The molecular formula is H8O4Si3. The van der Waals surface area contributed by atoms with Crippen molar-refractivity contribution in [1.82, 2.24) is 0 Å². The molecule has 44 valence electrons. The Morgan fingerprint density at radius 2 is 1.43 bits per heavy atom. The van der Waals surface area contributed by atoms with Gasteiger partial charge in [0.25, 0.3) is 0 Å². The van der Waals surface area contributed by atoms with E-state index in [-0.39, 0.29) is 0 Å². The highest BCUT2D eigenvalue weighted by Crippen LogP contribution is 1.88. The monoisotopic (exact) mass is 156 g/mol. The van der Waals surface area contributed by atoms with Gasteiger partial charge in [0.1, 0.15) is 21.0 Å². The molecule has 0 aromatic heterocycles. The highest BCUT2D eigenvalue weighted by Gasteiger charge is 2.30. The Morgan fingerprint density at radius 3 is 1.43 bits per heavy atom. The van der Waals surface area contributed by atoms with Crippen molar-refractivity contribution in [3.05, 3.63) is 0 Å². The van der Waals surface area contributed by atoms with E-state index in [1.807, 2.05) is 0 Å². The molecule has 0 fully saturated rings. The fourth-order valence-electron chi connectivity index (χ4n) is 0.0833. The van der Waals surface area contributed by atoms with E-state index in [0.717, 1.165) is 0 Å². The van der Waals surface area contributed by atoms with Crippen molar-refractivity contribution in [2.45, 2.75) is 0 Å². The zero-order valence-corrected chi connectivity index (χ0v) is 9.21. The maximum absolute atomic E-state index is 8.45. The number of rotatable bonds is 2. The van der Waals surface area contributed by atoms with Crippen LogP contribution in [0.1, 0.15) is 0 Å². The molecule has 0 aliphatic heterocycles. The second-order valence-electron chi connectivity index (χ2n) is 0.957. The Morgan fingerprint density at radius 1 is 1.14 bits per heavy atom. The first-order valence-corrected chi connectivity index (χ1v) is 5.02. The van der Waals surface area contributed by atoms with Crippen LogP contribution in [0.2, 0.25) is 0 Å². The maximum atomic E-state index is 8.45. The zero-order valence-electron chi connectivity index (χ0n) is 4.21. The van der Waals surface area contributed by atoms with E-state index in [2.05, 4.69) is 8.23 Å². The molecule has 0 aromatic carbocycles. The highest BCUT2D eigenvalue weighted by molar-refractivity contribution is 6.57. The van der Waals surface area contributed by atoms with Crippen LogP contribution in [0.15, 0.2) is 0 Å². The average molecular weight is 156 g/mol. The quantitative estimate of drug-likeness (QED) is 0.400. The van der Waals surface area contributed by atoms with Crippen LogP contribution in [0.3, 0.4) is 0 Å². The van der Waals surface area contributed by atoms with Gasteiger partial charge in [-0.25, -0.2) is 0 Å². The highest BCUT2D eigenvalue weighted by atomic mass is 28.5. The Hall–Kier alpha value is 0.491. The van der Waals surface area contributed by atoms with Gasteiger partial charge < -0.3 is 17.8 Å². The zero-order chi connectivity index (χ0) is 5.91. The molecule has 0 aromatic rings. The lowest BCUT2D eigenvalue weighted by Gasteiger charge is -2.10. The molecule has 7 heavy (non-hydrogen) atoms. The van der Waals surface area contributed by atoms with Gasteiger partial charge in [0.05, 0.1) is 0 Å². The predicted octanol–water partition coefficient (Wildman–Crippen LogP) is -4.00. The first-order chi connectivity index (χ1) is 3.12. The third-order valence-corrected chi connectivity index (χ3v) is 4.79. The van der Waals surface area contributed by atoms with E-state index in [0.29, 0.717) is 21.0 Å². The predicted molar refractivity (Wildman–Crippen MR) is 32.2 cm³/mol. The summed E-state index contributed by atoms with van der Waals surface area (Å²) in [4.78, 5) is 16.9. The van der Waals surface area contributed by atoms with Gasteiger partial charge in [0.15, 0.2) is 0 Å². The maximum Gasteiger partial charge on any atom is 0.651 e. The van der Waals surface area contributed by atoms with Gasteiger partial charge >= 0.3 is 9.05 Å². The normalized spacial score (nSPS) is 12.9. The van der Waals surface area contributed by atoms with Crippen LogP contribution in [-0.4, -0.2) is 39.6 Å². The number of hydrogen-bond acceptors (Lipinski definition) is 4. The smallest absolute Gasteiger partial charge is 0.404 e. The Kier molecular flexibility index (Phi) is 2.90. The molecule has 0 spiro atoms. The summed E-state index contributed by atoms with van der Waals surface area (Å²) in [5.74, 6) is 0. The fourth-order valence-corrected chi connectivity index (χ4v) is 2.25. The lowest BCUT2D eigenvalue weighted by Crippen LogP contribution is -2.41. The van der Waals surface area contributed by atoms with Crippen molar-refractivity contribution in [3.63, 3.8) is 0 Å². The van der Waals surface area contributed by atoms with E-state index in [4.69, 9.17) is 9.59 Å². The molecule has 0 atom stereocenters. The molecular weight excluding hydrogens is 148 g/mol. The molecule has 0 radical (unpaired) electrons. The van der Waals surface area contributed by atoms with Crippen molar-refractivity contribution in [3.8, 4) is 0 Å². The summed E-state index contributed by atoms with van der Waals surface area (Å²) in [7, 11) is -2.90. The third kappa shape index (κ3) is 3.11. The summed E-state index contributed by atoms with van der Waals surface area (Å²) < 4.78 is 8.58. The molecule has 2 N–H and O–H groups in total. The lowest BCUT2D eigenvalue weighted by atomic mass is 15.6. The molecule has 7 heteroatoms. The largest absolute Gasteiger partial charge is 0.651 e. The summed E-state index contributed by atoms with van der Waals surface area (Å²) in [5, 5.41) is 0. The molecule has 0 aliphatic carbocycles. The van der Waals surface area contributed by atoms with Crippen LogP contribution in [0.25, 0.3) is 0 Å². The van der Waals surface area contributed by atoms with Crippen LogP contribution >= 0.6 is 0 Å². The molecule has 0 saturated heterocycles. The first kappa shape index (κ1) is 7.49. The second-order valence-corrected chi connectivity index (χ2v) is 5.32. The van der Waals surface area contributed by atoms with Gasteiger partial charge in [-0.3, -0.25) is 0 Å². The molecule has 0 amide bonds. The van der Waals surface area contributed by atoms with Crippen molar-refractivity contribution >= 4 is 30.0 Å². The van der Waals surface area contributed by atoms with Crippen LogP contribution < -0.4 is 0 Å². The van der Waals surface area contributed by atoms with Gasteiger partial charge in [-0.2, -0.15) is 0 Å². The van der Waals surface area contributed by atoms with E-state index in [9.17, 15) is 0 Å².